The Morgan fingerprint density at radius 2 is 2.33 bits per heavy atom. The van der Waals surface area contributed by atoms with Crippen LogP contribution in [-0.4, -0.2) is 34.6 Å². The second-order valence-corrected chi connectivity index (χ2v) is 6.19. The first-order valence-corrected chi connectivity index (χ1v) is 7.78. The number of aliphatic hydroxyl groups is 1. The Bertz CT molecular complexity index is 539. The lowest BCUT2D eigenvalue weighted by Crippen LogP contribution is -2.36. The summed E-state index contributed by atoms with van der Waals surface area (Å²) >= 11 is 5.98. The van der Waals surface area contributed by atoms with Crippen LogP contribution in [0.1, 0.15) is 38.7 Å². The van der Waals surface area contributed by atoms with E-state index < -0.39 is 0 Å². The normalized spacial score (nSPS) is 20.7. The molecule has 1 N–H and O–H groups in total. The van der Waals surface area contributed by atoms with Crippen molar-refractivity contribution < 1.29 is 9.90 Å². The number of nitrogens with zero attached hydrogens (tertiary/aromatic N) is 1. The predicted molar refractivity (Wildman–Crippen MR) is 86.1 cm³/mol. The lowest BCUT2D eigenvalue weighted by atomic mass is 10.1. The van der Waals surface area contributed by atoms with Gasteiger partial charge in [0.15, 0.2) is 0 Å². The van der Waals surface area contributed by atoms with E-state index in [1.807, 2.05) is 36.1 Å². The molecule has 1 aromatic carbocycles. The minimum atomic E-state index is -0.374. The van der Waals surface area contributed by atoms with Crippen LogP contribution >= 0.6 is 11.6 Å². The van der Waals surface area contributed by atoms with Crippen LogP contribution < -0.4 is 0 Å². The molecule has 4 heteroatoms. The standard InChI is InChI=1S/C17H22ClNO2/c1-12(14-5-3-6-15(18)11-14)9-17(21)19-8-4-7-16(19)10-13(2)20/h3,5-6,9,11,13,16,20H,4,7-8,10H2,1-2H3/b12-9-. The van der Waals surface area contributed by atoms with E-state index in [-0.39, 0.29) is 18.1 Å². The van der Waals surface area contributed by atoms with Gasteiger partial charge in [-0.1, -0.05) is 23.7 Å². The lowest BCUT2D eigenvalue weighted by molar-refractivity contribution is -0.127. The summed E-state index contributed by atoms with van der Waals surface area (Å²) in [7, 11) is 0. The molecule has 1 saturated heterocycles. The van der Waals surface area contributed by atoms with Crippen molar-refractivity contribution in [2.24, 2.45) is 0 Å². The molecule has 2 atom stereocenters. The first-order chi connectivity index (χ1) is 9.97. The number of likely N-dealkylation sites (tertiary alicyclic amines) is 1. The summed E-state index contributed by atoms with van der Waals surface area (Å²) < 4.78 is 0. The zero-order valence-corrected chi connectivity index (χ0v) is 13.3. The monoisotopic (exact) mass is 307 g/mol. The van der Waals surface area contributed by atoms with Gasteiger partial charge < -0.3 is 10.0 Å². The third-order valence-corrected chi connectivity index (χ3v) is 4.13. The van der Waals surface area contributed by atoms with Crippen molar-refractivity contribution in [3.63, 3.8) is 0 Å². The Morgan fingerprint density at radius 1 is 1.57 bits per heavy atom. The van der Waals surface area contributed by atoms with Crippen LogP contribution in [0.25, 0.3) is 5.57 Å². The summed E-state index contributed by atoms with van der Waals surface area (Å²) in [6, 6.07) is 7.66. The number of allylic oxidation sites excluding steroid dienone is 1. The van der Waals surface area contributed by atoms with Crippen molar-refractivity contribution in [1.29, 1.82) is 0 Å². The topological polar surface area (TPSA) is 40.5 Å². The Morgan fingerprint density at radius 3 is 3.00 bits per heavy atom. The Labute approximate surface area is 131 Å². The molecule has 3 nitrogen and oxygen atoms in total. The maximum atomic E-state index is 12.4. The highest BCUT2D eigenvalue weighted by Crippen LogP contribution is 2.24. The van der Waals surface area contributed by atoms with E-state index in [4.69, 9.17) is 11.6 Å². The number of halogens is 1. The van der Waals surface area contributed by atoms with Crippen molar-refractivity contribution in [2.75, 3.05) is 6.54 Å². The minimum Gasteiger partial charge on any atom is -0.393 e. The van der Waals surface area contributed by atoms with Crippen molar-refractivity contribution in [2.45, 2.75) is 45.3 Å². The molecule has 2 unspecified atom stereocenters. The van der Waals surface area contributed by atoms with Gasteiger partial charge in [0.2, 0.25) is 5.91 Å². The second-order valence-electron chi connectivity index (χ2n) is 5.75. The molecule has 1 fully saturated rings. The predicted octanol–water partition coefficient (Wildman–Crippen LogP) is 3.51. The van der Waals surface area contributed by atoms with E-state index in [0.717, 1.165) is 30.5 Å². The van der Waals surface area contributed by atoms with Gasteiger partial charge in [-0.05, 0) is 56.4 Å². The van der Waals surface area contributed by atoms with Gasteiger partial charge in [0.1, 0.15) is 0 Å². The van der Waals surface area contributed by atoms with Crippen molar-refractivity contribution >= 4 is 23.1 Å². The summed E-state index contributed by atoms with van der Waals surface area (Å²) in [5.74, 6) is 0.0237. The van der Waals surface area contributed by atoms with E-state index >= 15 is 0 Å². The molecule has 0 aromatic heterocycles. The molecule has 0 spiro atoms. The molecular formula is C17H22ClNO2. The summed E-state index contributed by atoms with van der Waals surface area (Å²) in [6.07, 6.45) is 3.93. The van der Waals surface area contributed by atoms with E-state index in [1.54, 1.807) is 13.0 Å². The maximum Gasteiger partial charge on any atom is 0.247 e. The summed E-state index contributed by atoms with van der Waals surface area (Å²) in [5.41, 5.74) is 1.87. The van der Waals surface area contributed by atoms with Gasteiger partial charge in [0.05, 0.1) is 6.10 Å². The second kappa shape index (κ2) is 7.10. The van der Waals surface area contributed by atoms with Crippen LogP contribution in [0.4, 0.5) is 0 Å². The first kappa shape index (κ1) is 16.1. The van der Waals surface area contributed by atoms with Gasteiger partial charge in [-0.2, -0.15) is 0 Å². The average molecular weight is 308 g/mol. The van der Waals surface area contributed by atoms with Gasteiger partial charge >= 0.3 is 0 Å². The Balaban J connectivity index is 2.10. The van der Waals surface area contributed by atoms with E-state index in [1.165, 1.54) is 0 Å². The Hall–Kier alpha value is -1.32. The molecule has 0 saturated carbocycles. The van der Waals surface area contributed by atoms with Gasteiger partial charge in [-0.3, -0.25) is 4.79 Å². The lowest BCUT2D eigenvalue weighted by Gasteiger charge is -2.24. The molecule has 114 valence electrons. The van der Waals surface area contributed by atoms with Gasteiger partial charge in [0, 0.05) is 23.7 Å². The molecule has 2 rings (SSSR count). The molecule has 1 amide bonds. The van der Waals surface area contributed by atoms with Crippen molar-refractivity contribution in [3.8, 4) is 0 Å². The van der Waals surface area contributed by atoms with Crippen LogP contribution in [0.5, 0.6) is 0 Å². The Kier molecular flexibility index (Phi) is 5.43. The van der Waals surface area contributed by atoms with Gasteiger partial charge in [-0.15, -0.1) is 0 Å². The fraction of sp³-hybridized carbons (Fsp3) is 0.471. The molecule has 0 radical (unpaired) electrons. The molecule has 1 aliphatic heterocycles. The number of aliphatic hydroxyl groups excluding tert-OH is 1. The quantitative estimate of drug-likeness (QED) is 0.865. The van der Waals surface area contributed by atoms with Crippen molar-refractivity contribution in [3.05, 3.63) is 40.9 Å². The van der Waals surface area contributed by atoms with Crippen LogP contribution in [-0.2, 0) is 4.79 Å². The maximum absolute atomic E-state index is 12.4. The number of carbonyl (C=O) groups is 1. The molecular weight excluding hydrogens is 286 g/mol. The average Bonchev–Trinajstić information content (AvgIpc) is 2.86. The number of rotatable bonds is 4. The smallest absolute Gasteiger partial charge is 0.247 e. The fourth-order valence-corrected chi connectivity index (χ4v) is 3.04. The summed E-state index contributed by atoms with van der Waals surface area (Å²) in [6.45, 7) is 4.47. The highest BCUT2D eigenvalue weighted by molar-refractivity contribution is 6.30. The SMILES string of the molecule is C/C(=C/C(=O)N1CCCC1CC(C)O)c1cccc(Cl)c1. The molecule has 0 aliphatic carbocycles. The number of hydrogen-bond donors (Lipinski definition) is 1. The molecule has 0 bridgehead atoms. The van der Waals surface area contributed by atoms with E-state index in [2.05, 4.69) is 0 Å². The molecule has 1 heterocycles. The summed E-state index contributed by atoms with van der Waals surface area (Å²) in [5, 5.41) is 10.2. The first-order valence-electron chi connectivity index (χ1n) is 7.40. The van der Waals surface area contributed by atoms with Crippen LogP contribution in [0, 0.1) is 0 Å². The molecule has 21 heavy (non-hydrogen) atoms. The zero-order chi connectivity index (χ0) is 15.4. The van der Waals surface area contributed by atoms with Crippen LogP contribution in [0.3, 0.4) is 0 Å². The third kappa shape index (κ3) is 4.32. The number of hydrogen-bond acceptors (Lipinski definition) is 2. The summed E-state index contributed by atoms with van der Waals surface area (Å²) in [4.78, 5) is 14.3. The third-order valence-electron chi connectivity index (χ3n) is 3.89. The minimum absolute atomic E-state index is 0.0237. The van der Waals surface area contributed by atoms with Crippen molar-refractivity contribution in [1.82, 2.24) is 4.90 Å². The fourth-order valence-electron chi connectivity index (χ4n) is 2.85. The van der Waals surface area contributed by atoms with Gasteiger partial charge in [-0.25, -0.2) is 0 Å². The zero-order valence-electron chi connectivity index (χ0n) is 12.6. The highest BCUT2D eigenvalue weighted by atomic mass is 35.5. The van der Waals surface area contributed by atoms with Crippen LogP contribution in [0.2, 0.25) is 5.02 Å². The number of amides is 1. The number of benzene rings is 1. The van der Waals surface area contributed by atoms with E-state index in [0.29, 0.717) is 11.4 Å². The van der Waals surface area contributed by atoms with E-state index in [9.17, 15) is 9.90 Å². The number of carbonyl (C=O) groups excluding carboxylic acids is 1. The molecule has 1 aromatic rings. The largest absolute Gasteiger partial charge is 0.393 e. The van der Waals surface area contributed by atoms with Gasteiger partial charge in [0.25, 0.3) is 0 Å². The molecule has 1 aliphatic rings. The highest BCUT2D eigenvalue weighted by Gasteiger charge is 2.28. The van der Waals surface area contributed by atoms with Crippen LogP contribution in [0.15, 0.2) is 30.3 Å².